The Morgan fingerprint density at radius 3 is 2.47 bits per heavy atom. The number of aromatic amines is 1. The topological polar surface area (TPSA) is 144 Å². The number of carbonyl (C=O) groups excluding carboxylic acids is 2. The lowest BCUT2D eigenvalue weighted by Crippen LogP contribution is -2.59. The molecule has 0 saturated carbocycles. The van der Waals surface area contributed by atoms with Gasteiger partial charge in [0.2, 0.25) is 0 Å². The van der Waals surface area contributed by atoms with Crippen molar-refractivity contribution < 1.29 is 27.9 Å². The maximum Gasteiger partial charge on any atom is 0.433 e. The van der Waals surface area contributed by atoms with E-state index in [2.05, 4.69) is 25.7 Å². The molecule has 2 saturated heterocycles. The number of hydrogen-bond acceptors (Lipinski definition) is 8. The Bertz CT molecular complexity index is 1670. The van der Waals surface area contributed by atoms with Crippen molar-refractivity contribution in [3.8, 4) is 11.3 Å². The highest BCUT2D eigenvalue weighted by atomic mass is 19.4. The van der Waals surface area contributed by atoms with E-state index >= 15 is 0 Å². The van der Waals surface area contributed by atoms with Crippen molar-refractivity contribution in [1.29, 1.82) is 0 Å². The van der Waals surface area contributed by atoms with E-state index in [0.717, 1.165) is 6.20 Å². The molecule has 43 heavy (non-hydrogen) atoms. The minimum absolute atomic E-state index is 0.136. The second kappa shape index (κ2) is 11.0. The molecule has 0 spiro atoms. The molecule has 226 valence electrons. The zero-order chi connectivity index (χ0) is 30.4. The number of imidazole rings is 1. The van der Waals surface area contributed by atoms with Crippen LogP contribution in [-0.4, -0.2) is 96.2 Å². The number of benzene rings is 1. The van der Waals surface area contributed by atoms with Gasteiger partial charge in [-0.05, 0) is 56.6 Å². The van der Waals surface area contributed by atoms with Gasteiger partial charge in [-0.1, -0.05) is 0 Å². The van der Waals surface area contributed by atoms with Gasteiger partial charge in [-0.15, -0.1) is 0 Å². The first-order chi connectivity index (χ1) is 20.5. The Morgan fingerprint density at radius 2 is 1.77 bits per heavy atom. The highest BCUT2D eigenvalue weighted by Gasteiger charge is 2.41. The fourth-order valence-corrected chi connectivity index (χ4v) is 5.65. The molecule has 2 amide bonds. The number of alkyl halides is 3. The number of fused-ring (bicyclic) bond motifs is 1. The third kappa shape index (κ3) is 5.41. The summed E-state index contributed by atoms with van der Waals surface area (Å²) < 4.78 is 41.8. The lowest BCUT2D eigenvalue weighted by Gasteiger charge is -2.40. The minimum Gasteiger partial charge on any atom is -0.380 e. The number of nitrogens with one attached hydrogen (secondary N) is 3. The summed E-state index contributed by atoms with van der Waals surface area (Å²) in [5, 5.41) is 22.7. The minimum atomic E-state index is -4.61. The van der Waals surface area contributed by atoms with E-state index in [-0.39, 0.29) is 23.1 Å². The van der Waals surface area contributed by atoms with Crippen molar-refractivity contribution in [2.75, 3.05) is 44.6 Å². The van der Waals surface area contributed by atoms with Crippen LogP contribution in [-0.2, 0) is 11.0 Å². The SMILES string of the molecule is Cc1cc(Nc2nccn3c(-c4cn[nH]c4C(F)(F)F)cnc23)ccc1C(=O)N1CCN(C(=O)C2(O)CCNCC2)CC1. The highest BCUT2D eigenvalue weighted by molar-refractivity contribution is 5.96. The first-order valence-corrected chi connectivity index (χ1v) is 13.9. The number of piperazine rings is 1. The average Bonchev–Trinajstić information content (AvgIpc) is 3.65. The van der Waals surface area contributed by atoms with Crippen molar-refractivity contribution in [3.63, 3.8) is 0 Å². The fourth-order valence-electron chi connectivity index (χ4n) is 5.65. The van der Waals surface area contributed by atoms with Crippen molar-refractivity contribution in [1.82, 2.24) is 39.7 Å². The number of aromatic nitrogens is 5. The van der Waals surface area contributed by atoms with Crippen LogP contribution in [0.1, 0.15) is 34.5 Å². The molecule has 2 fully saturated rings. The zero-order valence-electron chi connectivity index (χ0n) is 23.3. The first kappa shape index (κ1) is 28.6. The molecule has 0 unspecified atom stereocenters. The molecule has 15 heteroatoms. The number of aryl methyl sites for hydroxylation is 1. The molecular weight excluding hydrogens is 567 g/mol. The predicted molar refractivity (Wildman–Crippen MR) is 150 cm³/mol. The lowest BCUT2D eigenvalue weighted by molar-refractivity contribution is -0.155. The van der Waals surface area contributed by atoms with Gasteiger partial charge in [0.25, 0.3) is 11.8 Å². The predicted octanol–water partition coefficient (Wildman–Crippen LogP) is 2.59. The van der Waals surface area contributed by atoms with Crippen LogP contribution in [0.25, 0.3) is 16.9 Å². The molecule has 2 aliphatic rings. The summed E-state index contributed by atoms with van der Waals surface area (Å²) in [5.41, 5.74) is -0.107. The molecular formula is C28H30F3N9O3. The van der Waals surface area contributed by atoms with Gasteiger partial charge in [-0.2, -0.15) is 18.3 Å². The summed E-state index contributed by atoms with van der Waals surface area (Å²) in [5.74, 6) is -0.109. The van der Waals surface area contributed by atoms with E-state index in [1.807, 2.05) is 12.0 Å². The summed E-state index contributed by atoms with van der Waals surface area (Å²) in [6, 6.07) is 5.21. The number of amides is 2. The summed E-state index contributed by atoms with van der Waals surface area (Å²) >= 11 is 0. The van der Waals surface area contributed by atoms with E-state index in [0.29, 0.717) is 80.4 Å². The normalized spacial score (nSPS) is 17.3. The van der Waals surface area contributed by atoms with Gasteiger partial charge in [0.1, 0.15) is 11.3 Å². The molecule has 4 aromatic rings. The van der Waals surface area contributed by atoms with Crippen LogP contribution in [0, 0.1) is 6.92 Å². The highest BCUT2D eigenvalue weighted by Crippen LogP contribution is 2.36. The molecule has 6 rings (SSSR count). The van der Waals surface area contributed by atoms with Crippen molar-refractivity contribution in [2.45, 2.75) is 31.5 Å². The van der Waals surface area contributed by atoms with Crippen LogP contribution in [0.3, 0.4) is 0 Å². The Hall–Kier alpha value is -4.50. The van der Waals surface area contributed by atoms with Crippen molar-refractivity contribution >= 4 is 29.0 Å². The quantitative estimate of drug-likeness (QED) is 0.275. The first-order valence-electron chi connectivity index (χ1n) is 13.9. The third-order valence-electron chi connectivity index (χ3n) is 8.03. The third-order valence-corrected chi connectivity index (χ3v) is 8.03. The summed E-state index contributed by atoms with van der Waals surface area (Å²) in [4.78, 5) is 38.2. The Morgan fingerprint density at radius 1 is 1.05 bits per heavy atom. The van der Waals surface area contributed by atoms with Crippen LogP contribution in [0.15, 0.2) is 43.0 Å². The number of aliphatic hydroxyl groups is 1. The molecule has 5 heterocycles. The van der Waals surface area contributed by atoms with Gasteiger partial charge in [0.15, 0.2) is 11.5 Å². The number of piperidine rings is 1. The van der Waals surface area contributed by atoms with E-state index in [1.165, 1.54) is 23.0 Å². The standard InChI is InChI=1S/C28H30F3N9O3/c1-17-14-18(36-23-24-34-16-21(40(24)9-8-33-23)20-15-35-37-22(20)28(29,30)31)2-3-19(17)25(41)38-10-12-39(13-11-38)26(42)27(43)4-6-32-7-5-27/h2-3,8-9,14-16,32,43H,4-7,10-13H2,1H3,(H,33,36)(H,35,37). The van der Waals surface area contributed by atoms with Crippen LogP contribution in [0.2, 0.25) is 0 Å². The zero-order valence-corrected chi connectivity index (χ0v) is 23.3. The van der Waals surface area contributed by atoms with Gasteiger partial charge >= 0.3 is 6.18 Å². The summed E-state index contributed by atoms with van der Waals surface area (Å²) in [6.07, 6.45) is 1.54. The van der Waals surface area contributed by atoms with E-state index < -0.39 is 17.5 Å². The number of hydrogen-bond donors (Lipinski definition) is 4. The van der Waals surface area contributed by atoms with Gasteiger partial charge in [0.05, 0.1) is 23.7 Å². The number of anilines is 2. The van der Waals surface area contributed by atoms with Gasteiger partial charge in [-0.25, -0.2) is 9.97 Å². The van der Waals surface area contributed by atoms with Crippen LogP contribution in [0.5, 0.6) is 0 Å². The maximum absolute atomic E-state index is 13.4. The lowest BCUT2D eigenvalue weighted by atomic mass is 9.90. The molecule has 2 aliphatic heterocycles. The molecule has 1 aromatic carbocycles. The second-order valence-electron chi connectivity index (χ2n) is 10.8. The molecule has 0 aliphatic carbocycles. The van der Waals surface area contributed by atoms with Crippen molar-refractivity contribution in [3.05, 3.63) is 59.8 Å². The number of rotatable bonds is 5. The number of carbonyl (C=O) groups is 2. The number of H-pyrrole nitrogens is 1. The van der Waals surface area contributed by atoms with E-state index in [4.69, 9.17) is 0 Å². The van der Waals surface area contributed by atoms with Crippen LogP contribution < -0.4 is 10.6 Å². The molecule has 3 aromatic heterocycles. The van der Waals surface area contributed by atoms with Gasteiger partial charge in [0, 0.05) is 49.8 Å². The average molecular weight is 598 g/mol. The van der Waals surface area contributed by atoms with E-state index in [1.54, 1.807) is 28.0 Å². The number of nitrogens with zero attached hydrogens (tertiary/aromatic N) is 6. The molecule has 0 bridgehead atoms. The molecule has 12 nitrogen and oxygen atoms in total. The Labute approximate surface area is 243 Å². The van der Waals surface area contributed by atoms with Crippen LogP contribution in [0.4, 0.5) is 24.7 Å². The Balaban J connectivity index is 1.15. The summed E-state index contributed by atoms with van der Waals surface area (Å²) in [6.45, 7) is 4.41. The molecule has 4 N–H and O–H groups in total. The monoisotopic (exact) mass is 597 g/mol. The smallest absolute Gasteiger partial charge is 0.380 e. The number of halogens is 3. The Kier molecular flexibility index (Phi) is 7.30. The summed E-state index contributed by atoms with van der Waals surface area (Å²) in [7, 11) is 0. The fraction of sp³-hybridized carbons (Fsp3) is 0.393. The maximum atomic E-state index is 13.4. The van der Waals surface area contributed by atoms with Crippen LogP contribution >= 0.6 is 0 Å². The second-order valence-corrected chi connectivity index (χ2v) is 10.8. The molecule has 0 radical (unpaired) electrons. The van der Waals surface area contributed by atoms with Gasteiger partial charge < -0.3 is 25.5 Å². The van der Waals surface area contributed by atoms with Gasteiger partial charge in [-0.3, -0.25) is 19.1 Å². The van der Waals surface area contributed by atoms with E-state index in [9.17, 15) is 27.9 Å². The van der Waals surface area contributed by atoms with Crippen molar-refractivity contribution in [2.24, 2.45) is 0 Å². The molecule has 0 atom stereocenters. The largest absolute Gasteiger partial charge is 0.433 e.